The van der Waals surface area contributed by atoms with Gasteiger partial charge in [0.2, 0.25) is 0 Å². The number of aromatic hydroxyl groups is 1. The molecular formula is C36H51N3O5. The third-order valence-corrected chi connectivity index (χ3v) is 7.63. The van der Waals surface area contributed by atoms with Crippen molar-refractivity contribution in [1.82, 2.24) is 14.7 Å². The summed E-state index contributed by atoms with van der Waals surface area (Å²) >= 11 is 0. The molecule has 2 atom stereocenters. The van der Waals surface area contributed by atoms with Crippen LogP contribution in [0.4, 0.5) is 0 Å². The summed E-state index contributed by atoms with van der Waals surface area (Å²) in [5, 5.41) is 10.4. The average Bonchev–Trinajstić information content (AvgIpc) is 3.89. The Morgan fingerprint density at radius 1 is 0.659 bits per heavy atom. The first-order chi connectivity index (χ1) is 20.9. The molecule has 2 aliphatic heterocycles. The summed E-state index contributed by atoms with van der Waals surface area (Å²) in [6.45, 7) is 9.77. The highest BCUT2D eigenvalue weighted by atomic mass is 16.6. The lowest BCUT2D eigenvalue weighted by Gasteiger charge is -2.26. The fourth-order valence-electron chi connectivity index (χ4n) is 5.02. The molecule has 0 aromatic heterocycles. The molecule has 240 valence electrons. The summed E-state index contributed by atoms with van der Waals surface area (Å²) < 4.78 is 21.8. The van der Waals surface area contributed by atoms with Crippen molar-refractivity contribution in [1.29, 1.82) is 0 Å². The molecule has 2 aliphatic rings. The molecule has 0 radical (unpaired) electrons. The normalized spacial score (nSPS) is 17.4. The quantitative estimate of drug-likeness (QED) is 0.253. The Bertz CT molecular complexity index is 1220. The van der Waals surface area contributed by atoms with E-state index < -0.39 is 0 Å². The number of phenols is 1. The van der Waals surface area contributed by atoms with Crippen molar-refractivity contribution >= 4 is 0 Å². The number of nitrogens with zero attached hydrogens (tertiary/aromatic N) is 3. The van der Waals surface area contributed by atoms with Crippen LogP contribution in [0.15, 0.2) is 60.7 Å². The smallest absolute Gasteiger partial charge is 0.124 e. The maximum Gasteiger partial charge on any atom is 0.124 e. The molecular weight excluding hydrogens is 554 g/mol. The van der Waals surface area contributed by atoms with Crippen molar-refractivity contribution in [2.24, 2.45) is 0 Å². The van der Waals surface area contributed by atoms with Gasteiger partial charge in [-0.3, -0.25) is 0 Å². The predicted molar refractivity (Wildman–Crippen MR) is 176 cm³/mol. The van der Waals surface area contributed by atoms with Crippen LogP contribution in [0.25, 0.3) is 0 Å². The fourth-order valence-corrected chi connectivity index (χ4v) is 5.02. The summed E-state index contributed by atoms with van der Waals surface area (Å²) in [5.74, 6) is 2.21. The number of epoxide rings is 2. The van der Waals surface area contributed by atoms with Gasteiger partial charge in [-0.15, -0.1) is 0 Å². The molecule has 0 amide bonds. The molecule has 2 heterocycles. The first kappa shape index (κ1) is 33.7. The molecule has 2 saturated heterocycles. The zero-order valence-electron chi connectivity index (χ0n) is 27.8. The van der Waals surface area contributed by atoms with E-state index in [1.807, 2.05) is 52.5 Å². The van der Waals surface area contributed by atoms with Crippen molar-refractivity contribution in [2.75, 3.05) is 68.7 Å². The minimum Gasteiger partial charge on any atom is -0.507 e. The second kappa shape index (κ2) is 15.2. The van der Waals surface area contributed by atoms with Crippen molar-refractivity contribution in [3.05, 3.63) is 88.5 Å². The summed E-state index contributed by atoms with van der Waals surface area (Å²) in [7, 11) is 12.2. The van der Waals surface area contributed by atoms with Crippen LogP contribution in [0.2, 0.25) is 0 Å². The zero-order chi connectivity index (χ0) is 31.9. The number of benzene rings is 3. The second-order valence-corrected chi connectivity index (χ2v) is 13.2. The third-order valence-electron chi connectivity index (χ3n) is 7.63. The van der Waals surface area contributed by atoms with Gasteiger partial charge in [-0.05, 0) is 95.4 Å². The van der Waals surface area contributed by atoms with Crippen LogP contribution in [-0.2, 0) is 34.5 Å². The van der Waals surface area contributed by atoms with Gasteiger partial charge in [0.25, 0.3) is 0 Å². The molecule has 2 unspecified atom stereocenters. The van der Waals surface area contributed by atoms with E-state index in [1.54, 1.807) is 0 Å². The Morgan fingerprint density at radius 2 is 1.02 bits per heavy atom. The molecule has 8 heteroatoms. The van der Waals surface area contributed by atoms with Gasteiger partial charge in [-0.1, -0.05) is 38.1 Å². The Labute approximate surface area is 264 Å². The fraction of sp³-hybridized carbons (Fsp3) is 0.500. The molecule has 0 saturated carbocycles. The molecule has 0 bridgehead atoms. The van der Waals surface area contributed by atoms with E-state index in [0.717, 1.165) is 55.5 Å². The lowest BCUT2D eigenvalue weighted by molar-refractivity contribution is 0.263. The lowest BCUT2D eigenvalue weighted by Crippen LogP contribution is -2.18. The van der Waals surface area contributed by atoms with Gasteiger partial charge in [0.05, 0.1) is 13.2 Å². The Balaban J connectivity index is 0.000000210. The highest BCUT2D eigenvalue weighted by Crippen LogP contribution is 2.33. The van der Waals surface area contributed by atoms with Gasteiger partial charge >= 0.3 is 0 Å². The topological polar surface area (TPSA) is 73.5 Å². The van der Waals surface area contributed by atoms with Crippen LogP contribution >= 0.6 is 0 Å². The summed E-state index contributed by atoms with van der Waals surface area (Å²) in [6, 6.07) is 20.9. The van der Waals surface area contributed by atoms with E-state index in [9.17, 15) is 5.11 Å². The number of hydrogen-bond acceptors (Lipinski definition) is 8. The molecule has 44 heavy (non-hydrogen) atoms. The number of ether oxygens (including phenoxy) is 4. The van der Waals surface area contributed by atoms with E-state index in [2.05, 4.69) is 79.0 Å². The van der Waals surface area contributed by atoms with Crippen molar-refractivity contribution in [2.45, 2.75) is 51.1 Å². The molecule has 0 spiro atoms. The van der Waals surface area contributed by atoms with E-state index in [1.165, 1.54) is 16.7 Å². The van der Waals surface area contributed by atoms with E-state index in [4.69, 9.17) is 18.9 Å². The van der Waals surface area contributed by atoms with Crippen molar-refractivity contribution in [3.63, 3.8) is 0 Å². The summed E-state index contributed by atoms with van der Waals surface area (Å²) in [4.78, 5) is 6.30. The largest absolute Gasteiger partial charge is 0.507 e. The third kappa shape index (κ3) is 10.5. The van der Waals surface area contributed by atoms with Gasteiger partial charge in [-0.2, -0.15) is 0 Å². The molecule has 1 N–H and O–H groups in total. The highest BCUT2D eigenvalue weighted by molar-refractivity contribution is 5.44. The summed E-state index contributed by atoms with van der Waals surface area (Å²) in [6.07, 6.45) is 0.562. The highest BCUT2D eigenvalue weighted by Gasteiger charge is 2.26. The van der Waals surface area contributed by atoms with E-state index in [0.29, 0.717) is 19.0 Å². The SMILES string of the molecule is CC(C)(c1ccc(OCC2CO2)cc1)c1ccc(OCC2CO2)cc1.CN(C)Cc1cc(CN(C)C)c(O)c(CN(C)C)c1. The standard InChI is InChI=1S/C21H24O4.C15H27N3O/c1-21(2,15-3-7-17(8-4-15)22-11-19-13-24-19)16-5-9-18(10-6-16)23-12-20-14-25-20;1-16(2)9-12-7-13(10-17(3)4)15(19)14(8-12)11-18(5)6/h3-10,19-20H,11-14H2,1-2H3;7-8,19H,9-11H2,1-6H3. The van der Waals surface area contributed by atoms with Crippen LogP contribution in [-0.4, -0.2) is 101 Å². The molecule has 2 fully saturated rings. The minimum absolute atomic E-state index is 0.0870. The van der Waals surface area contributed by atoms with Gasteiger partial charge in [-0.25, -0.2) is 0 Å². The molecule has 0 aliphatic carbocycles. The number of rotatable bonds is 14. The Hall–Kier alpha value is -3.14. The predicted octanol–water partition coefficient (Wildman–Crippen LogP) is 5.14. The maximum atomic E-state index is 10.4. The first-order valence-corrected chi connectivity index (χ1v) is 15.4. The molecule has 8 nitrogen and oxygen atoms in total. The molecule has 3 aromatic rings. The first-order valence-electron chi connectivity index (χ1n) is 15.4. The molecule has 5 rings (SSSR count). The number of hydrogen-bond donors (Lipinski definition) is 1. The van der Waals surface area contributed by atoms with Gasteiger partial charge < -0.3 is 38.8 Å². The van der Waals surface area contributed by atoms with Crippen LogP contribution in [0.3, 0.4) is 0 Å². The van der Waals surface area contributed by atoms with E-state index in [-0.39, 0.29) is 17.6 Å². The second-order valence-electron chi connectivity index (χ2n) is 13.2. The van der Waals surface area contributed by atoms with Crippen molar-refractivity contribution in [3.8, 4) is 17.2 Å². The number of phenolic OH excluding ortho intramolecular Hbond substituents is 1. The van der Waals surface area contributed by atoms with E-state index >= 15 is 0 Å². The van der Waals surface area contributed by atoms with Crippen LogP contribution in [0.5, 0.6) is 17.2 Å². The maximum absolute atomic E-state index is 10.4. The van der Waals surface area contributed by atoms with Crippen LogP contribution in [0, 0.1) is 0 Å². The Morgan fingerprint density at radius 3 is 1.34 bits per heavy atom. The van der Waals surface area contributed by atoms with Crippen LogP contribution < -0.4 is 9.47 Å². The van der Waals surface area contributed by atoms with Gasteiger partial charge in [0, 0.05) is 36.2 Å². The molecule has 3 aromatic carbocycles. The monoisotopic (exact) mass is 605 g/mol. The lowest BCUT2D eigenvalue weighted by atomic mass is 9.78. The average molecular weight is 606 g/mol. The summed E-state index contributed by atoms with van der Waals surface area (Å²) in [5.41, 5.74) is 5.67. The minimum atomic E-state index is -0.0870. The zero-order valence-corrected chi connectivity index (χ0v) is 27.8. The van der Waals surface area contributed by atoms with Crippen LogP contribution in [0.1, 0.15) is 41.7 Å². The Kier molecular flexibility index (Phi) is 11.7. The van der Waals surface area contributed by atoms with Gasteiger partial charge in [0.15, 0.2) is 0 Å². The van der Waals surface area contributed by atoms with Crippen molar-refractivity contribution < 1.29 is 24.1 Å². The van der Waals surface area contributed by atoms with Gasteiger partial charge in [0.1, 0.15) is 42.7 Å².